The standard InChI is InChI=1S/C22H25N3O4S/c1-28-17-8-6-14(12-18(17)29-2)7-9-20(26)25-11-10-16-19(13-25)30-22(23-16)24-21(27)15-4-3-5-15/h6-9,12,15H,3-5,10-11,13H2,1-2H3,(H,23,24,27)/b9-7+. The molecule has 2 heterocycles. The third-order valence-corrected chi connectivity index (χ3v) is 6.57. The molecule has 158 valence electrons. The number of nitrogens with one attached hydrogen (secondary N) is 1. The number of nitrogens with zero attached hydrogens (tertiary/aromatic N) is 2. The van der Waals surface area contributed by atoms with Crippen LogP contribution in [0.3, 0.4) is 0 Å². The van der Waals surface area contributed by atoms with Crippen LogP contribution in [-0.4, -0.2) is 42.5 Å². The number of amides is 2. The molecule has 8 heteroatoms. The maximum atomic E-state index is 12.7. The summed E-state index contributed by atoms with van der Waals surface area (Å²) in [4.78, 5) is 32.2. The lowest BCUT2D eigenvalue weighted by atomic mass is 9.85. The van der Waals surface area contributed by atoms with Crippen molar-refractivity contribution in [3.05, 3.63) is 40.4 Å². The number of rotatable bonds is 6. The van der Waals surface area contributed by atoms with E-state index in [1.807, 2.05) is 18.2 Å². The molecule has 1 N–H and O–H groups in total. The van der Waals surface area contributed by atoms with Gasteiger partial charge in [0.2, 0.25) is 11.8 Å². The normalized spacial score (nSPS) is 16.1. The van der Waals surface area contributed by atoms with E-state index in [0.717, 1.165) is 35.4 Å². The number of hydrogen-bond acceptors (Lipinski definition) is 6. The highest BCUT2D eigenvalue weighted by Gasteiger charge is 2.27. The summed E-state index contributed by atoms with van der Waals surface area (Å²) in [5.74, 6) is 1.42. The van der Waals surface area contributed by atoms with Crippen LogP contribution in [0.2, 0.25) is 0 Å². The molecule has 0 spiro atoms. The minimum atomic E-state index is -0.0520. The summed E-state index contributed by atoms with van der Waals surface area (Å²) in [7, 11) is 3.17. The summed E-state index contributed by atoms with van der Waals surface area (Å²) < 4.78 is 10.5. The van der Waals surface area contributed by atoms with Gasteiger partial charge in [0, 0.05) is 29.8 Å². The summed E-state index contributed by atoms with van der Waals surface area (Å²) in [5, 5.41) is 3.59. The van der Waals surface area contributed by atoms with Gasteiger partial charge < -0.3 is 19.7 Å². The van der Waals surface area contributed by atoms with Gasteiger partial charge in [0.05, 0.1) is 26.5 Å². The molecule has 0 saturated heterocycles. The molecular formula is C22H25N3O4S. The summed E-state index contributed by atoms with van der Waals surface area (Å²) in [6.07, 6.45) is 7.10. The zero-order valence-electron chi connectivity index (χ0n) is 17.1. The predicted molar refractivity (Wildman–Crippen MR) is 116 cm³/mol. The number of fused-ring (bicyclic) bond motifs is 1. The maximum absolute atomic E-state index is 12.7. The monoisotopic (exact) mass is 427 g/mol. The largest absolute Gasteiger partial charge is 0.493 e. The highest BCUT2D eigenvalue weighted by molar-refractivity contribution is 7.15. The molecule has 1 aliphatic carbocycles. The van der Waals surface area contributed by atoms with Crippen molar-refractivity contribution in [2.24, 2.45) is 5.92 Å². The number of carbonyl (C=O) groups excluding carboxylic acids is 2. The minimum Gasteiger partial charge on any atom is -0.493 e. The van der Waals surface area contributed by atoms with Crippen LogP contribution in [0.5, 0.6) is 11.5 Å². The number of aromatic nitrogens is 1. The van der Waals surface area contributed by atoms with Gasteiger partial charge >= 0.3 is 0 Å². The average Bonchev–Trinajstić information content (AvgIpc) is 3.11. The van der Waals surface area contributed by atoms with Crippen molar-refractivity contribution in [2.75, 3.05) is 26.1 Å². The van der Waals surface area contributed by atoms with Crippen molar-refractivity contribution in [2.45, 2.75) is 32.2 Å². The first-order valence-corrected chi connectivity index (χ1v) is 10.9. The Kier molecular flexibility index (Phi) is 6.03. The van der Waals surface area contributed by atoms with Gasteiger partial charge in [0.1, 0.15) is 0 Å². The smallest absolute Gasteiger partial charge is 0.246 e. The van der Waals surface area contributed by atoms with Crippen LogP contribution in [-0.2, 0) is 22.6 Å². The van der Waals surface area contributed by atoms with E-state index in [4.69, 9.17) is 9.47 Å². The Morgan fingerprint density at radius 1 is 1.23 bits per heavy atom. The molecule has 1 saturated carbocycles. The van der Waals surface area contributed by atoms with Gasteiger partial charge in [0.15, 0.2) is 16.6 Å². The van der Waals surface area contributed by atoms with E-state index < -0.39 is 0 Å². The second-order valence-corrected chi connectivity index (χ2v) is 8.55. The minimum absolute atomic E-state index is 0.0520. The molecule has 0 bridgehead atoms. The Morgan fingerprint density at radius 2 is 2.03 bits per heavy atom. The maximum Gasteiger partial charge on any atom is 0.246 e. The van der Waals surface area contributed by atoms with Crippen LogP contribution in [0.25, 0.3) is 6.08 Å². The fourth-order valence-electron chi connectivity index (χ4n) is 3.54. The topological polar surface area (TPSA) is 80.8 Å². The summed E-state index contributed by atoms with van der Waals surface area (Å²) >= 11 is 1.47. The molecular weight excluding hydrogens is 402 g/mol. The molecule has 1 fully saturated rings. The van der Waals surface area contributed by atoms with E-state index in [1.54, 1.807) is 31.3 Å². The van der Waals surface area contributed by atoms with Gasteiger partial charge in [-0.15, -0.1) is 0 Å². The van der Waals surface area contributed by atoms with Crippen molar-refractivity contribution in [1.82, 2.24) is 9.88 Å². The van der Waals surface area contributed by atoms with Crippen LogP contribution in [0, 0.1) is 5.92 Å². The van der Waals surface area contributed by atoms with Crippen molar-refractivity contribution < 1.29 is 19.1 Å². The number of benzene rings is 1. The highest BCUT2D eigenvalue weighted by atomic mass is 32.1. The molecule has 2 amide bonds. The third kappa shape index (κ3) is 4.33. The van der Waals surface area contributed by atoms with E-state index in [-0.39, 0.29) is 17.7 Å². The Morgan fingerprint density at radius 3 is 2.73 bits per heavy atom. The second-order valence-electron chi connectivity index (χ2n) is 7.46. The van der Waals surface area contributed by atoms with Crippen LogP contribution in [0.1, 0.15) is 35.4 Å². The molecule has 0 unspecified atom stereocenters. The van der Waals surface area contributed by atoms with Crippen LogP contribution in [0.15, 0.2) is 24.3 Å². The van der Waals surface area contributed by atoms with Crippen LogP contribution < -0.4 is 14.8 Å². The summed E-state index contributed by atoms with van der Waals surface area (Å²) in [6, 6.07) is 5.52. The zero-order valence-corrected chi connectivity index (χ0v) is 18.0. The molecule has 1 aromatic carbocycles. The lowest BCUT2D eigenvalue weighted by Crippen LogP contribution is -2.34. The Balaban J connectivity index is 1.38. The molecule has 7 nitrogen and oxygen atoms in total. The predicted octanol–water partition coefficient (Wildman–Crippen LogP) is 3.50. The highest BCUT2D eigenvalue weighted by Crippen LogP contribution is 2.32. The molecule has 30 heavy (non-hydrogen) atoms. The number of thiazole rings is 1. The SMILES string of the molecule is COc1ccc(/C=C/C(=O)N2CCc3nc(NC(=O)C4CCC4)sc3C2)cc1OC. The summed E-state index contributed by atoms with van der Waals surface area (Å²) in [6.45, 7) is 1.13. The molecule has 4 rings (SSSR count). The van der Waals surface area contributed by atoms with Gasteiger partial charge in [-0.2, -0.15) is 0 Å². The Labute approximate surface area is 179 Å². The van der Waals surface area contributed by atoms with Crippen molar-refractivity contribution in [3.63, 3.8) is 0 Å². The van der Waals surface area contributed by atoms with Gasteiger partial charge in [0.25, 0.3) is 0 Å². The number of anilines is 1. The second kappa shape index (κ2) is 8.87. The van der Waals surface area contributed by atoms with Gasteiger partial charge in [-0.3, -0.25) is 9.59 Å². The van der Waals surface area contributed by atoms with E-state index in [1.165, 1.54) is 11.3 Å². The molecule has 0 radical (unpaired) electrons. The molecule has 1 aromatic heterocycles. The fraction of sp³-hybridized carbons (Fsp3) is 0.409. The third-order valence-electron chi connectivity index (χ3n) is 5.57. The first kappa shape index (κ1) is 20.4. The van der Waals surface area contributed by atoms with Crippen LogP contribution >= 0.6 is 11.3 Å². The molecule has 2 aliphatic rings. The van der Waals surface area contributed by atoms with E-state index in [2.05, 4.69) is 10.3 Å². The quantitative estimate of drug-likeness (QED) is 0.714. The van der Waals surface area contributed by atoms with E-state index in [9.17, 15) is 9.59 Å². The van der Waals surface area contributed by atoms with Gasteiger partial charge in [-0.25, -0.2) is 4.98 Å². The average molecular weight is 428 g/mol. The first-order chi connectivity index (χ1) is 14.6. The van der Waals surface area contributed by atoms with Crippen LogP contribution in [0.4, 0.5) is 5.13 Å². The fourth-order valence-corrected chi connectivity index (χ4v) is 4.57. The molecule has 2 aromatic rings. The van der Waals surface area contributed by atoms with Gasteiger partial charge in [-0.05, 0) is 36.6 Å². The van der Waals surface area contributed by atoms with Gasteiger partial charge in [-0.1, -0.05) is 23.8 Å². The Bertz CT molecular complexity index is 981. The van der Waals surface area contributed by atoms with Crippen molar-refractivity contribution in [3.8, 4) is 11.5 Å². The molecule has 0 atom stereocenters. The van der Waals surface area contributed by atoms with E-state index in [0.29, 0.717) is 36.1 Å². The lowest BCUT2D eigenvalue weighted by Gasteiger charge is -2.24. The number of carbonyl (C=O) groups is 2. The van der Waals surface area contributed by atoms with Crippen molar-refractivity contribution in [1.29, 1.82) is 0 Å². The number of methoxy groups -OCH3 is 2. The lowest BCUT2D eigenvalue weighted by molar-refractivity contribution is -0.126. The number of hydrogen-bond donors (Lipinski definition) is 1. The van der Waals surface area contributed by atoms with E-state index >= 15 is 0 Å². The zero-order chi connectivity index (χ0) is 21.1. The first-order valence-electron chi connectivity index (χ1n) is 10.1. The number of ether oxygens (including phenoxy) is 2. The van der Waals surface area contributed by atoms with Crippen molar-refractivity contribution >= 4 is 34.4 Å². The Hall–Kier alpha value is -2.87. The molecule has 1 aliphatic heterocycles. The summed E-state index contributed by atoms with van der Waals surface area (Å²) in [5.41, 5.74) is 1.84.